The molecular weight excluding hydrogens is 310 g/mol. The number of carbonyl (C=O) groups excluding carboxylic acids is 2. The molecule has 1 heterocycles. The van der Waals surface area contributed by atoms with E-state index in [1.807, 2.05) is 0 Å². The molecule has 7 heteroatoms. The number of benzene rings is 1. The van der Waals surface area contributed by atoms with Crippen LogP contribution in [0.3, 0.4) is 0 Å². The molecule has 1 aromatic rings. The maximum Gasteiger partial charge on any atom is 0.288 e. The van der Waals surface area contributed by atoms with Crippen molar-refractivity contribution in [2.75, 3.05) is 18.4 Å². The van der Waals surface area contributed by atoms with E-state index in [0.717, 1.165) is 19.3 Å². The fourth-order valence-electron chi connectivity index (χ4n) is 2.30. The monoisotopic (exact) mass is 328 g/mol. The van der Waals surface area contributed by atoms with Crippen LogP contribution in [0.25, 0.3) is 0 Å². The van der Waals surface area contributed by atoms with Crippen molar-refractivity contribution in [1.29, 1.82) is 0 Å². The molecular formula is C15H18F2N2O2S. The summed E-state index contributed by atoms with van der Waals surface area (Å²) in [6.07, 6.45) is 3.29. The van der Waals surface area contributed by atoms with E-state index >= 15 is 0 Å². The number of thioether (sulfide) groups is 1. The van der Waals surface area contributed by atoms with Crippen molar-refractivity contribution >= 4 is 29.3 Å². The highest BCUT2D eigenvalue weighted by Gasteiger charge is 2.19. The summed E-state index contributed by atoms with van der Waals surface area (Å²) in [5.74, 6) is -2.73. The van der Waals surface area contributed by atoms with Crippen LogP contribution in [0.4, 0.5) is 14.5 Å². The number of alkyl halides is 2. The quantitative estimate of drug-likeness (QED) is 0.844. The van der Waals surface area contributed by atoms with Crippen molar-refractivity contribution in [3.63, 3.8) is 0 Å². The highest BCUT2D eigenvalue weighted by atomic mass is 32.2. The summed E-state index contributed by atoms with van der Waals surface area (Å²) in [5, 5.41) is 2.68. The number of carbonyl (C=O) groups is 2. The third-order valence-corrected chi connectivity index (χ3v) is 4.09. The van der Waals surface area contributed by atoms with Gasteiger partial charge in [0.05, 0.1) is 6.54 Å². The number of rotatable bonds is 5. The van der Waals surface area contributed by atoms with E-state index in [4.69, 9.17) is 0 Å². The lowest BCUT2D eigenvalue weighted by molar-refractivity contribution is -0.134. The Balaban J connectivity index is 1.87. The van der Waals surface area contributed by atoms with Gasteiger partial charge in [-0.3, -0.25) is 9.59 Å². The van der Waals surface area contributed by atoms with Gasteiger partial charge in [0.1, 0.15) is 0 Å². The standard InChI is InChI=1S/C15H18F2N2O2S/c16-15(17)22-12-7-5-11(6-8-12)18-13(20)10-19-9-3-1-2-4-14(19)21/h5-8,15H,1-4,9-10H2,(H,18,20). The zero-order valence-electron chi connectivity index (χ0n) is 12.1. The van der Waals surface area contributed by atoms with Crippen LogP contribution in [-0.2, 0) is 9.59 Å². The van der Waals surface area contributed by atoms with Gasteiger partial charge in [-0.2, -0.15) is 8.78 Å². The second-order valence-corrected chi connectivity index (χ2v) is 6.14. The molecule has 22 heavy (non-hydrogen) atoms. The zero-order valence-corrected chi connectivity index (χ0v) is 12.9. The molecule has 2 rings (SSSR count). The Labute approximate surface area is 132 Å². The van der Waals surface area contributed by atoms with E-state index in [1.165, 1.54) is 12.1 Å². The van der Waals surface area contributed by atoms with Crippen LogP contribution < -0.4 is 5.32 Å². The summed E-state index contributed by atoms with van der Waals surface area (Å²) in [6, 6.07) is 6.22. The number of hydrogen-bond acceptors (Lipinski definition) is 3. The number of anilines is 1. The van der Waals surface area contributed by atoms with Crippen LogP contribution in [0.5, 0.6) is 0 Å². The van der Waals surface area contributed by atoms with E-state index in [9.17, 15) is 18.4 Å². The lowest BCUT2D eigenvalue weighted by Gasteiger charge is -2.19. The molecule has 0 aromatic heterocycles. The third-order valence-electron chi connectivity index (χ3n) is 3.37. The van der Waals surface area contributed by atoms with Gasteiger partial charge in [0.25, 0.3) is 5.76 Å². The Kier molecular flexibility index (Phi) is 6.18. The minimum atomic E-state index is -2.46. The van der Waals surface area contributed by atoms with Crippen LogP contribution in [-0.4, -0.2) is 35.6 Å². The summed E-state index contributed by atoms with van der Waals surface area (Å²) < 4.78 is 24.4. The first-order valence-corrected chi connectivity index (χ1v) is 8.05. The van der Waals surface area contributed by atoms with Gasteiger partial charge in [0, 0.05) is 23.5 Å². The highest BCUT2D eigenvalue weighted by Crippen LogP contribution is 2.26. The summed E-state index contributed by atoms with van der Waals surface area (Å²) in [6.45, 7) is 0.641. The van der Waals surface area contributed by atoms with Crippen LogP contribution in [0.1, 0.15) is 25.7 Å². The lowest BCUT2D eigenvalue weighted by atomic mass is 10.2. The van der Waals surface area contributed by atoms with Crippen molar-refractivity contribution in [1.82, 2.24) is 4.90 Å². The Hall–Kier alpha value is -1.63. The van der Waals surface area contributed by atoms with Crippen molar-refractivity contribution in [2.45, 2.75) is 36.3 Å². The number of nitrogens with one attached hydrogen (secondary N) is 1. The number of amides is 2. The fourth-order valence-corrected chi connectivity index (χ4v) is 2.80. The van der Waals surface area contributed by atoms with Crippen molar-refractivity contribution < 1.29 is 18.4 Å². The Bertz CT molecular complexity index is 523. The summed E-state index contributed by atoms with van der Waals surface area (Å²) in [5.41, 5.74) is 0.533. The Morgan fingerprint density at radius 3 is 2.64 bits per heavy atom. The largest absolute Gasteiger partial charge is 0.333 e. The van der Waals surface area contributed by atoms with Gasteiger partial charge in [-0.1, -0.05) is 18.2 Å². The van der Waals surface area contributed by atoms with Crippen LogP contribution in [0, 0.1) is 0 Å². The average Bonchev–Trinajstić information content (AvgIpc) is 2.66. The second-order valence-electron chi connectivity index (χ2n) is 5.08. The molecule has 0 aliphatic carbocycles. The first-order valence-electron chi connectivity index (χ1n) is 7.17. The Morgan fingerprint density at radius 2 is 1.95 bits per heavy atom. The molecule has 0 unspecified atom stereocenters. The molecule has 0 spiro atoms. The zero-order chi connectivity index (χ0) is 15.9. The minimum absolute atomic E-state index is 0.0105. The molecule has 1 aliphatic rings. The average molecular weight is 328 g/mol. The maximum absolute atomic E-state index is 12.2. The second kappa shape index (κ2) is 8.12. The highest BCUT2D eigenvalue weighted by molar-refractivity contribution is 7.99. The molecule has 1 fully saturated rings. The molecule has 2 amide bonds. The van der Waals surface area contributed by atoms with Gasteiger partial charge in [0.2, 0.25) is 11.8 Å². The van der Waals surface area contributed by atoms with Crippen molar-refractivity contribution in [2.24, 2.45) is 0 Å². The van der Waals surface area contributed by atoms with Gasteiger partial charge in [-0.15, -0.1) is 0 Å². The van der Waals surface area contributed by atoms with Gasteiger partial charge in [0.15, 0.2) is 0 Å². The van der Waals surface area contributed by atoms with Crippen LogP contribution in [0.2, 0.25) is 0 Å². The van der Waals surface area contributed by atoms with E-state index in [0.29, 0.717) is 35.3 Å². The van der Waals surface area contributed by atoms with Crippen LogP contribution >= 0.6 is 11.8 Å². The van der Waals surface area contributed by atoms with E-state index in [2.05, 4.69) is 5.32 Å². The number of nitrogens with zero attached hydrogens (tertiary/aromatic N) is 1. The number of hydrogen-bond donors (Lipinski definition) is 1. The molecule has 0 saturated carbocycles. The van der Waals surface area contributed by atoms with Gasteiger partial charge >= 0.3 is 0 Å². The lowest BCUT2D eigenvalue weighted by Crippen LogP contribution is -2.37. The topological polar surface area (TPSA) is 49.4 Å². The summed E-state index contributed by atoms with van der Waals surface area (Å²) in [4.78, 5) is 25.8. The van der Waals surface area contributed by atoms with Crippen LogP contribution in [0.15, 0.2) is 29.2 Å². The fraction of sp³-hybridized carbons (Fsp3) is 0.467. The molecule has 1 saturated heterocycles. The van der Waals surface area contributed by atoms with E-state index in [-0.39, 0.29) is 18.4 Å². The molecule has 0 atom stereocenters. The normalized spacial score (nSPS) is 15.8. The number of halogens is 2. The van der Waals surface area contributed by atoms with Crippen molar-refractivity contribution in [3.8, 4) is 0 Å². The predicted molar refractivity (Wildman–Crippen MR) is 82.0 cm³/mol. The van der Waals surface area contributed by atoms with E-state index < -0.39 is 5.76 Å². The van der Waals surface area contributed by atoms with Crippen molar-refractivity contribution in [3.05, 3.63) is 24.3 Å². The van der Waals surface area contributed by atoms with Gasteiger partial charge < -0.3 is 10.2 Å². The molecule has 0 radical (unpaired) electrons. The van der Waals surface area contributed by atoms with Gasteiger partial charge in [-0.25, -0.2) is 0 Å². The minimum Gasteiger partial charge on any atom is -0.333 e. The predicted octanol–water partition coefficient (Wildman–Crippen LogP) is 3.34. The summed E-state index contributed by atoms with van der Waals surface area (Å²) >= 11 is 0.458. The molecule has 0 bridgehead atoms. The smallest absolute Gasteiger partial charge is 0.288 e. The molecule has 1 aliphatic heterocycles. The van der Waals surface area contributed by atoms with E-state index in [1.54, 1.807) is 17.0 Å². The molecule has 1 N–H and O–H groups in total. The molecule has 120 valence electrons. The maximum atomic E-state index is 12.2. The molecule has 1 aromatic carbocycles. The first-order chi connectivity index (χ1) is 10.5. The summed E-state index contributed by atoms with van der Waals surface area (Å²) in [7, 11) is 0. The van der Waals surface area contributed by atoms with Gasteiger partial charge in [-0.05, 0) is 37.1 Å². The third kappa shape index (κ3) is 5.29. The first kappa shape index (κ1) is 16.7. The Morgan fingerprint density at radius 1 is 1.23 bits per heavy atom. The molecule has 4 nitrogen and oxygen atoms in total. The SMILES string of the molecule is O=C(CN1CCCCCC1=O)Nc1ccc(SC(F)F)cc1. The number of likely N-dealkylation sites (tertiary alicyclic amines) is 1.